The molecule has 1 saturated carbocycles. The lowest BCUT2D eigenvalue weighted by Gasteiger charge is -2.36. The number of hydrogen-bond acceptors (Lipinski definition) is 3. The second-order valence-electron chi connectivity index (χ2n) is 6.76. The first-order valence-electron chi connectivity index (χ1n) is 8.63. The Morgan fingerprint density at radius 2 is 1.65 bits per heavy atom. The Morgan fingerprint density at radius 1 is 1.04 bits per heavy atom. The fourth-order valence-electron chi connectivity index (χ4n) is 3.68. The monoisotopic (exact) mass is 382 g/mol. The van der Waals surface area contributed by atoms with Gasteiger partial charge in [0.2, 0.25) is 5.91 Å². The second kappa shape index (κ2) is 7.61. The molecule has 0 bridgehead atoms. The molecule has 1 saturated heterocycles. The highest BCUT2D eigenvalue weighted by molar-refractivity contribution is 6.33. The molecular formula is C18H20ClFN2O4. The van der Waals surface area contributed by atoms with Crippen LogP contribution in [0.1, 0.15) is 29.6 Å². The van der Waals surface area contributed by atoms with Crippen LogP contribution in [-0.2, 0) is 9.59 Å². The average Bonchev–Trinajstić information content (AvgIpc) is 3.11. The summed E-state index contributed by atoms with van der Waals surface area (Å²) in [7, 11) is 0. The minimum atomic E-state index is -0.850. The van der Waals surface area contributed by atoms with Crippen molar-refractivity contribution in [1.82, 2.24) is 9.80 Å². The van der Waals surface area contributed by atoms with Crippen LogP contribution < -0.4 is 0 Å². The predicted octanol–water partition coefficient (Wildman–Crippen LogP) is 2.26. The third kappa shape index (κ3) is 3.67. The summed E-state index contributed by atoms with van der Waals surface area (Å²) < 4.78 is 13.9. The van der Waals surface area contributed by atoms with E-state index >= 15 is 0 Å². The van der Waals surface area contributed by atoms with Gasteiger partial charge in [-0.1, -0.05) is 17.7 Å². The van der Waals surface area contributed by atoms with Crippen LogP contribution in [0.25, 0.3) is 0 Å². The highest BCUT2D eigenvalue weighted by Crippen LogP contribution is 2.32. The lowest BCUT2D eigenvalue weighted by Crippen LogP contribution is -2.52. The van der Waals surface area contributed by atoms with E-state index in [-0.39, 0.29) is 22.4 Å². The number of carbonyl (C=O) groups is 3. The van der Waals surface area contributed by atoms with Gasteiger partial charge in [0.1, 0.15) is 5.82 Å². The summed E-state index contributed by atoms with van der Waals surface area (Å²) in [4.78, 5) is 39.3. The molecule has 1 aliphatic carbocycles. The van der Waals surface area contributed by atoms with Crippen LogP contribution >= 0.6 is 11.6 Å². The number of hydrogen-bond donors (Lipinski definition) is 1. The van der Waals surface area contributed by atoms with Crippen LogP contribution in [0.4, 0.5) is 4.39 Å². The van der Waals surface area contributed by atoms with Gasteiger partial charge in [-0.3, -0.25) is 14.4 Å². The molecule has 1 aromatic carbocycles. The Hall–Kier alpha value is -2.15. The van der Waals surface area contributed by atoms with Gasteiger partial charge >= 0.3 is 5.97 Å². The van der Waals surface area contributed by atoms with E-state index in [0.717, 1.165) is 0 Å². The maximum absolute atomic E-state index is 13.9. The third-order valence-electron chi connectivity index (χ3n) is 5.19. The van der Waals surface area contributed by atoms with Crippen molar-refractivity contribution in [3.05, 3.63) is 34.6 Å². The lowest BCUT2D eigenvalue weighted by molar-refractivity contribution is -0.142. The van der Waals surface area contributed by atoms with Crippen LogP contribution in [0.3, 0.4) is 0 Å². The Labute approximate surface area is 155 Å². The molecule has 2 aliphatic rings. The van der Waals surface area contributed by atoms with Crippen molar-refractivity contribution < 1.29 is 23.9 Å². The van der Waals surface area contributed by atoms with Gasteiger partial charge in [-0.15, -0.1) is 0 Å². The molecule has 26 heavy (non-hydrogen) atoms. The number of piperazine rings is 1. The van der Waals surface area contributed by atoms with Crippen molar-refractivity contribution in [1.29, 1.82) is 0 Å². The van der Waals surface area contributed by atoms with Gasteiger partial charge in [-0.05, 0) is 31.4 Å². The lowest BCUT2D eigenvalue weighted by atomic mass is 10.0. The number of benzene rings is 1. The number of aliphatic carboxylic acids is 1. The summed E-state index contributed by atoms with van der Waals surface area (Å²) in [5.41, 5.74) is -0.144. The molecule has 8 heteroatoms. The van der Waals surface area contributed by atoms with Crippen LogP contribution in [0.15, 0.2) is 18.2 Å². The highest BCUT2D eigenvalue weighted by atomic mass is 35.5. The van der Waals surface area contributed by atoms with Gasteiger partial charge in [0.15, 0.2) is 0 Å². The molecule has 0 unspecified atom stereocenters. The summed E-state index contributed by atoms with van der Waals surface area (Å²) in [5, 5.41) is 9.13. The van der Waals surface area contributed by atoms with E-state index in [1.54, 1.807) is 4.90 Å². The van der Waals surface area contributed by atoms with Gasteiger partial charge < -0.3 is 14.9 Å². The summed E-state index contributed by atoms with van der Waals surface area (Å²) in [6, 6.07) is 4.10. The van der Waals surface area contributed by atoms with E-state index < -0.39 is 23.6 Å². The molecule has 2 fully saturated rings. The van der Waals surface area contributed by atoms with Crippen molar-refractivity contribution in [2.45, 2.75) is 19.3 Å². The number of amides is 2. The summed E-state index contributed by atoms with van der Waals surface area (Å²) in [6.45, 7) is 1.30. The maximum atomic E-state index is 13.9. The van der Waals surface area contributed by atoms with Gasteiger partial charge in [-0.2, -0.15) is 0 Å². The van der Waals surface area contributed by atoms with Crippen molar-refractivity contribution in [3.63, 3.8) is 0 Å². The SMILES string of the molecule is O=C(O)[C@@H]1CC[C@H](C(=O)N2CCN(C(=O)c3c(F)cccc3Cl)CC2)C1. The first-order valence-corrected chi connectivity index (χ1v) is 9.01. The number of nitrogens with zero attached hydrogens (tertiary/aromatic N) is 2. The fourth-order valence-corrected chi connectivity index (χ4v) is 3.92. The molecule has 0 aromatic heterocycles. The highest BCUT2D eigenvalue weighted by Gasteiger charge is 2.37. The van der Waals surface area contributed by atoms with Gasteiger partial charge in [0.25, 0.3) is 5.91 Å². The maximum Gasteiger partial charge on any atom is 0.306 e. The van der Waals surface area contributed by atoms with E-state index in [1.165, 1.54) is 23.1 Å². The van der Waals surface area contributed by atoms with Gasteiger partial charge in [-0.25, -0.2) is 4.39 Å². The molecule has 2 atom stereocenters. The quantitative estimate of drug-likeness (QED) is 0.869. The molecule has 0 radical (unpaired) electrons. The molecule has 2 amide bonds. The standard InChI is InChI=1S/C18H20ClFN2O4/c19-13-2-1-3-14(20)15(13)17(24)22-8-6-21(7-9-22)16(23)11-4-5-12(10-11)18(25)26/h1-3,11-12H,4-10H2,(H,25,26)/t11-,12+/m0/s1. The Kier molecular flexibility index (Phi) is 5.46. The third-order valence-corrected chi connectivity index (χ3v) is 5.50. The van der Waals surface area contributed by atoms with E-state index in [9.17, 15) is 18.8 Å². The summed E-state index contributed by atoms with van der Waals surface area (Å²) in [6.07, 6.45) is 1.48. The fraction of sp³-hybridized carbons (Fsp3) is 0.500. The molecule has 6 nitrogen and oxygen atoms in total. The van der Waals surface area contributed by atoms with Crippen LogP contribution in [0.2, 0.25) is 5.02 Å². The summed E-state index contributed by atoms with van der Waals surface area (Å²) >= 11 is 5.95. The molecular weight excluding hydrogens is 363 g/mol. The minimum Gasteiger partial charge on any atom is -0.481 e. The molecule has 1 N–H and O–H groups in total. The van der Waals surface area contributed by atoms with Crippen LogP contribution in [-0.4, -0.2) is 58.9 Å². The van der Waals surface area contributed by atoms with E-state index in [4.69, 9.17) is 16.7 Å². The first kappa shape index (κ1) is 18.6. The molecule has 3 rings (SSSR count). The Bertz CT molecular complexity index is 714. The molecule has 1 heterocycles. The smallest absolute Gasteiger partial charge is 0.306 e. The molecule has 140 valence electrons. The van der Waals surface area contributed by atoms with E-state index in [1.807, 2.05) is 0 Å². The normalized spacial score (nSPS) is 23.2. The number of rotatable bonds is 3. The zero-order chi connectivity index (χ0) is 18.8. The average molecular weight is 383 g/mol. The van der Waals surface area contributed by atoms with Gasteiger partial charge in [0.05, 0.1) is 16.5 Å². The van der Waals surface area contributed by atoms with Crippen LogP contribution in [0, 0.1) is 17.7 Å². The van der Waals surface area contributed by atoms with E-state index in [0.29, 0.717) is 45.4 Å². The Morgan fingerprint density at radius 3 is 2.23 bits per heavy atom. The van der Waals surface area contributed by atoms with Crippen molar-refractivity contribution in [2.24, 2.45) is 11.8 Å². The number of carboxylic acids is 1. The zero-order valence-corrected chi connectivity index (χ0v) is 14.9. The molecule has 1 aliphatic heterocycles. The van der Waals surface area contributed by atoms with Crippen LogP contribution in [0.5, 0.6) is 0 Å². The van der Waals surface area contributed by atoms with Gasteiger partial charge in [0, 0.05) is 32.1 Å². The zero-order valence-electron chi connectivity index (χ0n) is 14.2. The first-order chi connectivity index (χ1) is 12.4. The largest absolute Gasteiger partial charge is 0.481 e. The van der Waals surface area contributed by atoms with Crippen molar-refractivity contribution in [3.8, 4) is 0 Å². The topological polar surface area (TPSA) is 77.9 Å². The minimum absolute atomic E-state index is 0.0511. The summed E-state index contributed by atoms with van der Waals surface area (Å²) in [5.74, 6) is -2.75. The van der Waals surface area contributed by atoms with E-state index in [2.05, 4.69) is 0 Å². The molecule has 0 spiro atoms. The molecule has 1 aromatic rings. The predicted molar refractivity (Wildman–Crippen MR) is 92.4 cm³/mol. The Balaban J connectivity index is 1.58. The van der Waals surface area contributed by atoms with Crippen molar-refractivity contribution in [2.75, 3.05) is 26.2 Å². The number of carbonyl (C=O) groups excluding carboxylic acids is 2. The van der Waals surface area contributed by atoms with Crippen molar-refractivity contribution >= 4 is 29.4 Å². The number of carboxylic acid groups (broad SMARTS) is 1. The second-order valence-corrected chi connectivity index (χ2v) is 7.17. The number of halogens is 2.